The van der Waals surface area contributed by atoms with E-state index in [0.717, 1.165) is 18.5 Å². The van der Waals surface area contributed by atoms with Gasteiger partial charge >= 0.3 is 0 Å². The SMILES string of the molecule is CC(=O)N(C)C1CCN([C@@H]2C[C@H](NC(=O)c3cc4c(F)ccc(C)c4[nH]3)CC[C@H]2F)C1. The Labute approximate surface area is 181 Å². The number of alkyl halides is 1. The minimum absolute atomic E-state index is 0.0161. The summed E-state index contributed by atoms with van der Waals surface area (Å²) < 4.78 is 28.8. The molecule has 1 aromatic carbocycles. The van der Waals surface area contributed by atoms with Crippen molar-refractivity contribution in [1.29, 1.82) is 0 Å². The number of H-pyrrole nitrogens is 1. The molecule has 2 N–H and O–H groups in total. The third-order valence-corrected chi connectivity index (χ3v) is 6.97. The van der Waals surface area contributed by atoms with Gasteiger partial charge in [0.15, 0.2) is 0 Å². The Morgan fingerprint density at radius 1 is 1.26 bits per heavy atom. The van der Waals surface area contributed by atoms with E-state index in [1.165, 1.54) is 12.1 Å². The molecule has 1 unspecified atom stereocenters. The van der Waals surface area contributed by atoms with Crippen LogP contribution < -0.4 is 5.32 Å². The van der Waals surface area contributed by atoms with Crippen LogP contribution in [-0.2, 0) is 4.79 Å². The molecule has 1 aromatic heterocycles. The number of carbonyl (C=O) groups is 2. The molecule has 2 fully saturated rings. The molecule has 0 bridgehead atoms. The first-order chi connectivity index (χ1) is 14.7. The van der Waals surface area contributed by atoms with Crippen LogP contribution in [0, 0.1) is 12.7 Å². The van der Waals surface area contributed by atoms with E-state index in [0.29, 0.717) is 42.4 Å². The quantitative estimate of drug-likeness (QED) is 0.780. The van der Waals surface area contributed by atoms with Gasteiger partial charge in [-0.2, -0.15) is 0 Å². The second kappa shape index (κ2) is 8.57. The van der Waals surface area contributed by atoms with E-state index in [2.05, 4.69) is 15.2 Å². The average Bonchev–Trinajstić information content (AvgIpc) is 3.40. The van der Waals surface area contributed by atoms with Crippen molar-refractivity contribution in [3.63, 3.8) is 0 Å². The highest BCUT2D eigenvalue weighted by molar-refractivity contribution is 5.99. The van der Waals surface area contributed by atoms with Crippen LogP contribution in [0.5, 0.6) is 0 Å². The van der Waals surface area contributed by atoms with Crippen LogP contribution in [0.1, 0.15) is 48.7 Å². The fourth-order valence-corrected chi connectivity index (χ4v) is 4.97. The Kier molecular flexibility index (Phi) is 6.01. The molecule has 2 aromatic rings. The van der Waals surface area contributed by atoms with Crippen molar-refractivity contribution in [2.24, 2.45) is 0 Å². The molecule has 4 rings (SSSR count). The molecule has 0 radical (unpaired) electrons. The zero-order valence-electron chi connectivity index (χ0n) is 18.3. The van der Waals surface area contributed by atoms with Crippen molar-refractivity contribution in [2.75, 3.05) is 20.1 Å². The number of likely N-dealkylation sites (N-methyl/N-ethyl adjacent to an activating group) is 1. The van der Waals surface area contributed by atoms with E-state index < -0.39 is 6.17 Å². The number of halogens is 2. The number of likely N-dealkylation sites (tertiary alicyclic amines) is 1. The van der Waals surface area contributed by atoms with Crippen LogP contribution in [0.4, 0.5) is 8.78 Å². The third-order valence-electron chi connectivity index (χ3n) is 6.97. The van der Waals surface area contributed by atoms with Gasteiger partial charge in [-0.1, -0.05) is 6.07 Å². The van der Waals surface area contributed by atoms with Gasteiger partial charge in [0.2, 0.25) is 5.91 Å². The number of hydrogen-bond donors (Lipinski definition) is 2. The summed E-state index contributed by atoms with van der Waals surface area (Å²) in [6.07, 6.45) is 1.37. The van der Waals surface area contributed by atoms with Crippen LogP contribution in [0.3, 0.4) is 0 Å². The number of aryl methyl sites for hydroxylation is 1. The first-order valence-electron chi connectivity index (χ1n) is 10.9. The summed E-state index contributed by atoms with van der Waals surface area (Å²) >= 11 is 0. The van der Waals surface area contributed by atoms with Gasteiger partial charge in [-0.3, -0.25) is 14.5 Å². The topological polar surface area (TPSA) is 68.4 Å². The standard InChI is InChI=1S/C23H30F2N4O2/c1-13-4-6-18(24)17-11-20(27-22(13)17)23(31)26-15-5-7-19(25)21(10-15)29-9-8-16(12-29)28(3)14(2)30/h4,6,11,15-16,19,21,27H,5,7-10,12H2,1-3H3,(H,26,31)/t15-,16?,19-,21-/m1/s1. The number of carbonyl (C=O) groups excluding carboxylic acids is 2. The molecular formula is C23H30F2N4O2. The molecule has 1 saturated heterocycles. The van der Waals surface area contributed by atoms with Crippen LogP contribution >= 0.6 is 0 Å². The van der Waals surface area contributed by atoms with Crippen molar-refractivity contribution in [3.8, 4) is 0 Å². The van der Waals surface area contributed by atoms with Crippen molar-refractivity contribution in [3.05, 3.63) is 35.3 Å². The normalized spacial score (nSPS) is 26.9. The highest BCUT2D eigenvalue weighted by atomic mass is 19.1. The summed E-state index contributed by atoms with van der Waals surface area (Å²) in [6.45, 7) is 4.81. The number of nitrogens with zero attached hydrogens (tertiary/aromatic N) is 2. The maximum Gasteiger partial charge on any atom is 0.267 e. The number of rotatable bonds is 4. The molecule has 2 heterocycles. The highest BCUT2D eigenvalue weighted by Crippen LogP contribution is 2.30. The lowest BCUT2D eigenvalue weighted by Crippen LogP contribution is -2.51. The number of benzene rings is 1. The summed E-state index contributed by atoms with van der Waals surface area (Å²) in [4.78, 5) is 31.3. The van der Waals surface area contributed by atoms with E-state index >= 15 is 0 Å². The molecule has 2 aliphatic rings. The highest BCUT2D eigenvalue weighted by Gasteiger charge is 2.39. The maximum atomic E-state index is 14.8. The van der Waals surface area contributed by atoms with Gasteiger partial charge in [0.25, 0.3) is 5.91 Å². The zero-order chi connectivity index (χ0) is 22.3. The minimum atomic E-state index is -0.945. The molecule has 168 valence electrons. The van der Waals surface area contributed by atoms with Crippen molar-refractivity contribution in [1.82, 2.24) is 20.1 Å². The van der Waals surface area contributed by atoms with Gasteiger partial charge in [-0.15, -0.1) is 0 Å². The number of nitrogens with one attached hydrogen (secondary N) is 2. The van der Waals surface area contributed by atoms with Crippen LogP contribution in [-0.4, -0.2) is 71.0 Å². The molecule has 8 heteroatoms. The largest absolute Gasteiger partial charge is 0.350 e. The first-order valence-corrected chi connectivity index (χ1v) is 10.9. The monoisotopic (exact) mass is 432 g/mol. The molecule has 2 amide bonds. The van der Waals surface area contributed by atoms with Crippen LogP contribution in [0.2, 0.25) is 0 Å². The van der Waals surface area contributed by atoms with E-state index in [1.807, 2.05) is 6.92 Å². The Hall–Kier alpha value is -2.48. The molecular weight excluding hydrogens is 402 g/mol. The smallest absolute Gasteiger partial charge is 0.267 e. The second-order valence-corrected chi connectivity index (χ2v) is 8.97. The van der Waals surface area contributed by atoms with Gasteiger partial charge < -0.3 is 15.2 Å². The molecule has 1 aliphatic carbocycles. The van der Waals surface area contributed by atoms with E-state index in [9.17, 15) is 18.4 Å². The summed E-state index contributed by atoms with van der Waals surface area (Å²) in [6, 6.07) is 4.29. The van der Waals surface area contributed by atoms with Crippen molar-refractivity contribution >= 4 is 22.7 Å². The van der Waals surface area contributed by atoms with E-state index in [-0.39, 0.29) is 35.8 Å². The number of hydrogen-bond acceptors (Lipinski definition) is 3. The molecule has 0 spiro atoms. The molecule has 1 saturated carbocycles. The average molecular weight is 433 g/mol. The van der Waals surface area contributed by atoms with Crippen molar-refractivity contribution < 1.29 is 18.4 Å². The molecule has 4 atom stereocenters. The number of aromatic nitrogens is 1. The molecule has 1 aliphatic heterocycles. The van der Waals surface area contributed by atoms with Gasteiger partial charge in [-0.05, 0) is 50.3 Å². The first kappa shape index (κ1) is 21.7. The van der Waals surface area contributed by atoms with E-state index in [4.69, 9.17) is 0 Å². The lowest BCUT2D eigenvalue weighted by molar-refractivity contribution is -0.129. The van der Waals surface area contributed by atoms with Gasteiger partial charge in [0.05, 0.1) is 5.52 Å². The van der Waals surface area contributed by atoms with E-state index in [1.54, 1.807) is 24.9 Å². The maximum absolute atomic E-state index is 14.8. The van der Waals surface area contributed by atoms with Gasteiger partial charge in [-0.25, -0.2) is 8.78 Å². The van der Waals surface area contributed by atoms with Crippen LogP contribution in [0.25, 0.3) is 10.9 Å². The molecule has 6 nitrogen and oxygen atoms in total. The fourth-order valence-electron chi connectivity index (χ4n) is 4.97. The van der Waals surface area contributed by atoms with Crippen molar-refractivity contribution in [2.45, 2.75) is 63.8 Å². The Morgan fingerprint density at radius 2 is 2.03 bits per heavy atom. The second-order valence-electron chi connectivity index (χ2n) is 8.97. The summed E-state index contributed by atoms with van der Waals surface area (Å²) in [5.41, 5.74) is 1.80. The Bertz CT molecular complexity index is 952. The number of aromatic amines is 1. The summed E-state index contributed by atoms with van der Waals surface area (Å²) in [5.74, 6) is -0.651. The Balaban J connectivity index is 1.42. The zero-order valence-corrected chi connectivity index (χ0v) is 18.3. The lowest BCUT2D eigenvalue weighted by atomic mass is 9.88. The Morgan fingerprint density at radius 3 is 2.74 bits per heavy atom. The minimum Gasteiger partial charge on any atom is -0.350 e. The lowest BCUT2D eigenvalue weighted by Gasteiger charge is -2.38. The summed E-state index contributed by atoms with van der Waals surface area (Å²) in [7, 11) is 1.79. The fraction of sp³-hybridized carbons (Fsp3) is 0.565. The molecule has 31 heavy (non-hydrogen) atoms. The van der Waals surface area contributed by atoms with Gasteiger partial charge in [0, 0.05) is 50.6 Å². The van der Waals surface area contributed by atoms with Gasteiger partial charge in [0.1, 0.15) is 17.7 Å². The third kappa shape index (κ3) is 4.31. The predicted molar refractivity (Wildman–Crippen MR) is 115 cm³/mol. The predicted octanol–water partition coefficient (Wildman–Crippen LogP) is 3.16. The summed E-state index contributed by atoms with van der Waals surface area (Å²) in [5, 5.41) is 3.41. The van der Waals surface area contributed by atoms with Crippen LogP contribution in [0.15, 0.2) is 18.2 Å². The number of fused-ring (bicyclic) bond motifs is 1. The number of amides is 2.